The molecule has 2 heterocycles. The number of carbonyl (C=O) groups excluding carboxylic acids is 3. The summed E-state index contributed by atoms with van der Waals surface area (Å²) in [4.78, 5) is 51.1. The van der Waals surface area contributed by atoms with Crippen molar-refractivity contribution >= 4 is 29.1 Å². The highest BCUT2D eigenvalue weighted by Gasteiger charge is 2.39. The van der Waals surface area contributed by atoms with Crippen LogP contribution in [0.3, 0.4) is 0 Å². The van der Waals surface area contributed by atoms with Crippen LogP contribution in [-0.2, 0) is 11.2 Å². The summed E-state index contributed by atoms with van der Waals surface area (Å²) in [6.07, 6.45) is 1.65. The van der Waals surface area contributed by atoms with Crippen molar-refractivity contribution in [2.24, 2.45) is 0 Å². The van der Waals surface area contributed by atoms with Gasteiger partial charge in [-0.25, -0.2) is 0 Å². The van der Waals surface area contributed by atoms with Crippen molar-refractivity contribution in [3.05, 3.63) is 69.3 Å². The van der Waals surface area contributed by atoms with Gasteiger partial charge in [0.2, 0.25) is 5.91 Å². The lowest BCUT2D eigenvalue weighted by Crippen LogP contribution is -2.48. The van der Waals surface area contributed by atoms with Crippen molar-refractivity contribution in [2.45, 2.75) is 25.8 Å². The largest absolute Gasteiger partial charge is 0.308 e. The Balaban J connectivity index is 1.61. The van der Waals surface area contributed by atoms with Gasteiger partial charge in [0.15, 0.2) is 0 Å². The molecule has 8 nitrogen and oxygen atoms in total. The lowest BCUT2D eigenvalue weighted by molar-refractivity contribution is -0.384. The summed E-state index contributed by atoms with van der Waals surface area (Å²) >= 11 is 0. The van der Waals surface area contributed by atoms with Crippen molar-refractivity contribution in [1.82, 2.24) is 4.90 Å². The van der Waals surface area contributed by atoms with Gasteiger partial charge in [0.25, 0.3) is 17.5 Å². The van der Waals surface area contributed by atoms with E-state index >= 15 is 0 Å². The van der Waals surface area contributed by atoms with Crippen LogP contribution in [0.4, 0.5) is 11.4 Å². The van der Waals surface area contributed by atoms with E-state index in [-0.39, 0.29) is 28.8 Å². The van der Waals surface area contributed by atoms with Gasteiger partial charge in [-0.05, 0) is 37.5 Å². The SMILES string of the molecule is CC1CCc2ccccc2N1C(=O)CN1C(=O)c2ccc([N+](=O)[O-])cc2C1=O. The van der Waals surface area contributed by atoms with Crippen LogP contribution >= 0.6 is 0 Å². The smallest absolute Gasteiger partial charge is 0.270 e. The number of non-ortho nitro benzene ring substituents is 1. The number of fused-ring (bicyclic) bond motifs is 2. The predicted octanol–water partition coefficient (Wildman–Crippen LogP) is 2.56. The minimum absolute atomic E-state index is 0.0425. The van der Waals surface area contributed by atoms with Crippen LogP contribution in [0.5, 0.6) is 0 Å². The molecule has 1 unspecified atom stereocenters. The number of amides is 3. The quantitative estimate of drug-likeness (QED) is 0.463. The predicted molar refractivity (Wildman–Crippen MR) is 100 cm³/mol. The van der Waals surface area contributed by atoms with Gasteiger partial charge >= 0.3 is 0 Å². The first-order valence-corrected chi connectivity index (χ1v) is 8.93. The van der Waals surface area contributed by atoms with Crippen molar-refractivity contribution in [1.29, 1.82) is 0 Å². The first kappa shape index (κ1) is 17.8. The molecule has 0 spiro atoms. The Morgan fingerprint density at radius 1 is 1.14 bits per heavy atom. The second-order valence-corrected chi connectivity index (χ2v) is 6.96. The highest BCUT2D eigenvalue weighted by molar-refractivity contribution is 6.23. The molecule has 0 radical (unpaired) electrons. The maximum Gasteiger partial charge on any atom is 0.270 e. The molecule has 2 aromatic carbocycles. The summed E-state index contributed by atoms with van der Waals surface area (Å²) in [7, 11) is 0. The highest BCUT2D eigenvalue weighted by atomic mass is 16.6. The first-order valence-electron chi connectivity index (χ1n) is 8.93. The summed E-state index contributed by atoms with van der Waals surface area (Å²) < 4.78 is 0. The van der Waals surface area contributed by atoms with Gasteiger partial charge < -0.3 is 4.90 Å². The Hall–Kier alpha value is -3.55. The average Bonchev–Trinajstić information content (AvgIpc) is 2.92. The number of carbonyl (C=O) groups is 3. The van der Waals surface area contributed by atoms with E-state index in [0.29, 0.717) is 0 Å². The molecule has 2 aromatic rings. The number of para-hydroxylation sites is 1. The minimum atomic E-state index is -0.685. The Labute approximate surface area is 160 Å². The zero-order valence-electron chi connectivity index (χ0n) is 15.1. The number of nitro benzene ring substituents is 1. The number of hydrogen-bond acceptors (Lipinski definition) is 5. The van der Waals surface area contributed by atoms with Crippen LogP contribution in [0.25, 0.3) is 0 Å². The fraction of sp³-hybridized carbons (Fsp3) is 0.250. The Morgan fingerprint density at radius 2 is 1.86 bits per heavy atom. The van der Waals surface area contributed by atoms with Gasteiger partial charge in [0.05, 0.1) is 16.1 Å². The van der Waals surface area contributed by atoms with E-state index < -0.39 is 23.3 Å². The molecule has 0 fully saturated rings. The van der Waals surface area contributed by atoms with Gasteiger partial charge in [-0.1, -0.05) is 18.2 Å². The molecule has 0 N–H and O–H groups in total. The molecule has 28 heavy (non-hydrogen) atoms. The van der Waals surface area contributed by atoms with Crippen molar-refractivity contribution < 1.29 is 19.3 Å². The van der Waals surface area contributed by atoms with Gasteiger partial charge in [-0.3, -0.25) is 29.4 Å². The summed E-state index contributed by atoms with van der Waals surface area (Å²) in [5.41, 5.74) is 1.60. The fourth-order valence-electron chi connectivity index (χ4n) is 3.82. The second-order valence-electron chi connectivity index (χ2n) is 6.96. The van der Waals surface area contributed by atoms with E-state index in [9.17, 15) is 24.5 Å². The standard InChI is InChI=1S/C20H17N3O5/c1-12-6-7-13-4-2-3-5-17(13)22(12)18(24)11-21-19(25)15-9-8-14(23(27)28)10-16(15)20(21)26/h2-5,8-10,12H,6-7,11H2,1H3. The average molecular weight is 379 g/mol. The number of hydrogen-bond donors (Lipinski definition) is 0. The van der Waals surface area contributed by atoms with Crippen LogP contribution in [0.2, 0.25) is 0 Å². The van der Waals surface area contributed by atoms with Crippen LogP contribution in [0.1, 0.15) is 39.6 Å². The maximum absolute atomic E-state index is 13.0. The number of rotatable bonds is 3. The Bertz CT molecular complexity index is 1030. The molecule has 0 bridgehead atoms. The van der Waals surface area contributed by atoms with E-state index in [0.717, 1.165) is 35.1 Å². The van der Waals surface area contributed by atoms with Gasteiger partial charge in [-0.15, -0.1) is 0 Å². The molecular formula is C20H17N3O5. The number of aryl methyl sites for hydroxylation is 1. The fourth-order valence-corrected chi connectivity index (χ4v) is 3.82. The molecule has 0 aliphatic carbocycles. The second kappa shape index (κ2) is 6.56. The van der Waals surface area contributed by atoms with E-state index in [4.69, 9.17) is 0 Å². The third-order valence-corrected chi connectivity index (χ3v) is 5.25. The van der Waals surface area contributed by atoms with E-state index in [2.05, 4.69) is 0 Å². The molecule has 2 aliphatic rings. The Kier molecular flexibility index (Phi) is 4.18. The summed E-state index contributed by atoms with van der Waals surface area (Å²) in [6, 6.07) is 11.0. The molecule has 2 aliphatic heterocycles. The van der Waals surface area contributed by atoms with Crippen LogP contribution < -0.4 is 4.90 Å². The summed E-state index contributed by atoms with van der Waals surface area (Å²) in [5, 5.41) is 10.9. The molecule has 1 atom stereocenters. The van der Waals surface area contributed by atoms with E-state index in [1.165, 1.54) is 12.1 Å². The Morgan fingerprint density at radius 3 is 2.61 bits per heavy atom. The molecule has 0 saturated carbocycles. The molecule has 0 aromatic heterocycles. The van der Waals surface area contributed by atoms with E-state index in [1.54, 1.807) is 4.90 Å². The zero-order valence-corrected chi connectivity index (χ0v) is 15.1. The van der Waals surface area contributed by atoms with Gasteiger partial charge in [0, 0.05) is 23.9 Å². The third kappa shape index (κ3) is 2.74. The zero-order chi connectivity index (χ0) is 20.0. The van der Waals surface area contributed by atoms with Crippen LogP contribution in [0.15, 0.2) is 42.5 Å². The molecule has 0 saturated heterocycles. The first-order chi connectivity index (χ1) is 13.4. The summed E-state index contributed by atoms with van der Waals surface area (Å²) in [6.45, 7) is 1.53. The normalized spacial score (nSPS) is 18.1. The summed E-state index contributed by atoms with van der Waals surface area (Å²) in [5.74, 6) is -1.65. The number of nitro groups is 1. The lowest BCUT2D eigenvalue weighted by atomic mass is 9.96. The van der Waals surface area contributed by atoms with Gasteiger partial charge in [0.1, 0.15) is 6.54 Å². The molecule has 4 rings (SSSR count). The number of imide groups is 1. The topological polar surface area (TPSA) is 101 Å². The molecule has 8 heteroatoms. The van der Waals surface area contributed by atoms with Crippen LogP contribution in [0, 0.1) is 10.1 Å². The van der Waals surface area contributed by atoms with Crippen molar-refractivity contribution in [3.8, 4) is 0 Å². The lowest BCUT2D eigenvalue weighted by Gasteiger charge is -2.36. The number of anilines is 1. The highest BCUT2D eigenvalue weighted by Crippen LogP contribution is 2.32. The number of nitrogens with zero attached hydrogens (tertiary/aromatic N) is 3. The number of benzene rings is 2. The minimum Gasteiger partial charge on any atom is -0.308 e. The third-order valence-electron chi connectivity index (χ3n) is 5.25. The van der Waals surface area contributed by atoms with Crippen molar-refractivity contribution in [3.63, 3.8) is 0 Å². The monoisotopic (exact) mass is 379 g/mol. The molecular weight excluding hydrogens is 362 g/mol. The molecule has 142 valence electrons. The van der Waals surface area contributed by atoms with Gasteiger partial charge in [-0.2, -0.15) is 0 Å². The molecule has 3 amide bonds. The van der Waals surface area contributed by atoms with E-state index in [1.807, 2.05) is 31.2 Å². The van der Waals surface area contributed by atoms with Crippen LogP contribution in [-0.4, -0.2) is 40.1 Å². The maximum atomic E-state index is 13.0. The van der Waals surface area contributed by atoms with Crippen molar-refractivity contribution in [2.75, 3.05) is 11.4 Å².